The van der Waals surface area contributed by atoms with Crippen molar-refractivity contribution < 1.29 is 13.2 Å². The molecular weight excluding hydrogens is 314 g/mol. The van der Waals surface area contributed by atoms with Crippen molar-refractivity contribution in [3.8, 4) is 0 Å². The first-order valence-electron chi connectivity index (χ1n) is 7.97. The highest BCUT2D eigenvalue weighted by Crippen LogP contribution is 2.11. The van der Waals surface area contributed by atoms with Gasteiger partial charge in [-0.05, 0) is 31.7 Å². The van der Waals surface area contributed by atoms with Gasteiger partial charge in [0.1, 0.15) is 0 Å². The van der Waals surface area contributed by atoms with Crippen molar-refractivity contribution in [1.82, 2.24) is 9.21 Å². The van der Waals surface area contributed by atoms with Crippen LogP contribution in [0.15, 0.2) is 24.3 Å². The van der Waals surface area contributed by atoms with Gasteiger partial charge in [-0.3, -0.25) is 4.79 Å². The lowest BCUT2D eigenvalue weighted by atomic mass is 10.1. The molecule has 0 aromatic heterocycles. The number of nitrogens with zero attached hydrogens (tertiary/aromatic N) is 2. The van der Waals surface area contributed by atoms with Gasteiger partial charge in [0.05, 0.1) is 0 Å². The van der Waals surface area contributed by atoms with Crippen LogP contribution in [0.25, 0.3) is 0 Å². The van der Waals surface area contributed by atoms with Crippen LogP contribution in [0.3, 0.4) is 0 Å². The van der Waals surface area contributed by atoms with E-state index in [1.165, 1.54) is 15.4 Å². The molecule has 0 spiro atoms. The maximum Gasteiger partial charge on any atom is 0.277 e. The summed E-state index contributed by atoms with van der Waals surface area (Å²) in [5.41, 5.74) is 2.55. The number of piperazine rings is 1. The fourth-order valence-corrected chi connectivity index (χ4v) is 3.38. The molecule has 1 aliphatic heterocycles. The third kappa shape index (κ3) is 5.60. The van der Waals surface area contributed by atoms with E-state index in [0.717, 1.165) is 19.3 Å². The summed E-state index contributed by atoms with van der Waals surface area (Å²) in [6.45, 7) is 3.49. The van der Waals surface area contributed by atoms with Crippen molar-refractivity contribution in [2.45, 2.75) is 32.6 Å². The summed E-state index contributed by atoms with van der Waals surface area (Å²) in [4.78, 5) is 13.9. The van der Waals surface area contributed by atoms with Gasteiger partial charge in [-0.2, -0.15) is 12.7 Å². The maximum absolute atomic E-state index is 12.1. The maximum atomic E-state index is 12.1. The van der Waals surface area contributed by atoms with E-state index in [-0.39, 0.29) is 19.0 Å². The van der Waals surface area contributed by atoms with E-state index < -0.39 is 10.2 Å². The third-order valence-corrected chi connectivity index (χ3v) is 5.26. The zero-order valence-electron chi connectivity index (χ0n) is 13.6. The summed E-state index contributed by atoms with van der Waals surface area (Å²) >= 11 is 0. The molecule has 2 rings (SSSR count). The molecule has 6 nitrogen and oxygen atoms in total. The lowest BCUT2D eigenvalue weighted by Gasteiger charge is -2.33. The van der Waals surface area contributed by atoms with Crippen LogP contribution >= 0.6 is 0 Å². The molecule has 1 aliphatic rings. The number of carbonyl (C=O) groups is 1. The Morgan fingerprint density at radius 2 is 1.70 bits per heavy atom. The molecule has 0 bridgehead atoms. The van der Waals surface area contributed by atoms with Crippen LogP contribution in [0.4, 0.5) is 0 Å². The van der Waals surface area contributed by atoms with E-state index in [2.05, 4.69) is 31.2 Å². The highest BCUT2D eigenvalue weighted by molar-refractivity contribution is 7.86. The Morgan fingerprint density at radius 3 is 2.26 bits per heavy atom. The molecule has 0 unspecified atom stereocenters. The molecule has 128 valence electrons. The number of amides is 1. The predicted octanol–water partition coefficient (Wildman–Crippen LogP) is 1.06. The molecule has 0 atom stereocenters. The average molecular weight is 339 g/mol. The molecule has 1 fully saturated rings. The molecule has 1 aromatic carbocycles. The lowest BCUT2D eigenvalue weighted by molar-refractivity contribution is -0.132. The first-order valence-corrected chi connectivity index (χ1v) is 9.48. The molecule has 0 radical (unpaired) electrons. The summed E-state index contributed by atoms with van der Waals surface area (Å²) in [6, 6.07) is 8.46. The van der Waals surface area contributed by atoms with Crippen LogP contribution < -0.4 is 5.14 Å². The number of carbonyl (C=O) groups excluding carboxylic acids is 1. The van der Waals surface area contributed by atoms with Gasteiger partial charge in [-0.25, -0.2) is 5.14 Å². The van der Waals surface area contributed by atoms with Gasteiger partial charge < -0.3 is 4.90 Å². The Hall–Kier alpha value is -1.44. The second-order valence-electron chi connectivity index (χ2n) is 6.02. The molecule has 1 amide bonds. The largest absolute Gasteiger partial charge is 0.340 e. The summed E-state index contributed by atoms with van der Waals surface area (Å²) in [7, 11) is -3.63. The predicted molar refractivity (Wildman–Crippen MR) is 90.0 cm³/mol. The molecule has 23 heavy (non-hydrogen) atoms. The van der Waals surface area contributed by atoms with Crippen molar-refractivity contribution in [3.63, 3.8) is 0 Å². The Morgan fingerprint density at radius 1 is 1.09 bits per heavy atom. The van der Waals surface area contributed by atoms with Crippen molar-refractivity contribution in [2.75, 3.05) is 26.2 Å². The van der Waals surface area contributed by atoms with E-state index in [9.17, 15) is 13.2 Å². The van der Waals surface area contributed by atoms with Crippen molar-refractivity contribution in [3.05, 3.63) is 35.4 Å². The molecular formula is C16H25N3O3S. The minimum absolute atomic E-state index is 0.1000. The van der Waals surface area contributed by atoms with Crippen LogP contribution in [0.2, 0.25) is 0 Å². The van der Waals surface area contributed by atoms with Crippen LogP contribution in [0.1, 0.15) is 30.4 Å². The lowest BCUT2D eigenvalue weighted by Crippen LogP contribution is -2.52. The van der Waals surface area contributed by atoms with Gasteiger partial charge in [-0.15, -0.1) is 0 Å². The normalized spacial score (nSPS) is 16.5. The van der Waals surface area contributed by atoms with E-state index in [1.54, 1.807) is 4.90 Å². The molecule has 7 heteroatoms. The molecule has 1 heterocycles. The summed E-state index contributed by atoms with van der Waals surface area (Å²) in [5, 5.41) is 5.09. The first kappa shape index (κ1) is 17.9. The van der Waals surface area contributed by atoms with Crippen LogP contribution in [0, 0.1) is 6.92 Å². The van der Waals surface area contributed by atoms with Gasteiger partial charge in [0, 0.05) is 32.6 Å². The summed E-state index contributed by atoms with van der Waals surface area (Å²) in [5.74, 6) is 0.1000. The van der Waals surface area contributed by atoms with Gasteiger partial charge >= 0.3 is 0 Å². The zero-order chi connectivity index (χ0) is 16.9. The Bertz CT molecular complexity index is 620. The molecule has 1 aromatic rings. The number of hydrogen-bond acceptors (Lipinski definition) is 3. The molecule has 0 saturated carbocycles. The Kier molecular flexibility index (Phi) is 6.15. The number of benzene rings is 1. The van der Waals surface area contributed by atoms with Crippen molar-refractivity contribution in [1.29, 1.82) is 0 Å². The first-order chi connectivity index (χ1) is 10.9. The second-order valence-corrected chi connectivity index (χ2v) is 7.56. The Balaban J connectivity index is 1.67. The average Bonchev–Trinajstić information content (AvgIpc) is 2.52. The quantitative estimate of drug-likeness (QED) is 0.787. The molecule has 1 saturated heterocycles. The minimum Gasteiger partial charge on any atom is -0.340 e. The van der Waals surface area contributed by atoms with Crippen LogP contribution in [-0.4, -0.2) is 49.7 Å². The van der Waals surface area contributed by atoms with Gasteiger partial charge in [-0.1, -0.05) is 29.8 Å². The number of nitrogens with two attached hydrogens (primary N) is 1. The van der Waals surface area contributed by atoms with Gasteiger partial charge in [0.25, 0.3) is 10.2 Å². The smallest absolute Gasteiger partial charge is 0.277 e. The number of rotatable bonds is 6. The second kappa shape index (κ2) is 7.90. The van der Waals surface area contributed by atoms with Crippen LogP contribution in [-0.2, 0) is 21.4 Å². The number of hydrogen-bond donors (Lipinski definition) is 1. The summed E-state index contributed by atoms with van der Waals surface area (Å²) in [6.07, 6.45) is 3.32. The number of aryl methyl sites for hydroxylation is 2. The summed E-state index contributed by atoms with van der Waals surface area (Å²) < 4.78 is 23.7. The van der Waals surface area contributed by atoms with Crippen molar-refractivity contribution in [2.24, 2.45) is 5.14 Å². The SMILES string of the molecule is Cc1ccc(CCCCC(=O)N2CCN(S(N)(=O)=O)CC2)cc1. The third-order valence-electron chi connectivity index (χ3n) is 4.18. The fraction of sp³-hybridized carbons (Fsp3) is 0.562. The van der Waals surface area contributed by atoms with Gasteiger partial charge in [0.2, 0.25) is 5.91 Å². The topological polar surface area (TPSA) is 83.7 Å². The van der Waals surface area contributed by atoms with E-state index >= 15 is 0 Å². The Labute approximate surface area is 138 Å². The van der Waals surface area contributed by atoms with E-state index in [0.29, 0.717) is 19.5 Å². The zero-order valence-corrected chi connectivity index (χ0v) is 14.4. The van der Waals surface area contributed by atoms with Gasteiger partial charge in [0.15, 0.2) is 0 Å². The fourth-order valence-electron chi connectivity index (χ4n) is 2.71. The molecule has 2 N–H and O–H groups in total. The number of unbranched alkanes of at least 4 members (excludes halogenated alkanes) is 1. The highest BCUT2D eigenvalue weighted by atomic mass is 32.2. The monoisotopic (exact) mass is 339 g/mol. The minimum atomic E-state index is -3.63. The van der Waals surface area contributed by atoms with E-state index in [4.69, 9.17) is 5.14 Å². The van der Waals surface area contributed by atoms with Crippen LogP contribution in [0.5, 0.6) is 0 Å². The van der Waals surface area contributed by atoms with Crippen molar-refractivity contribution >= 4 is 16.1 Å². The standard InChI is InChI=1S/C16H25N3O3S/c1-14-6-8-15(9-7-14)4-2-3-5-16(20)18-10-12-19(13-11-18)23(17,21)22/h6-9H,2-5,10-13H2,1H3,(H2,17,21,22). The molecule has 0 aliphatic carbocycles. The van der Waals surface area contributed by atoms with E-state index in [1.807, 2.05) is 0 Å². The highest BCUT2D eigenvalue weighted by Gasteiger charge is 2.25.